The van der Waals surface area contributed by atoms with E-state index in [1.165, 1.54) is 4.68 Å². The van der Waals surface area contributed by atoms with Crippen molar-refractivity contribution in [2.45, 2.75) is 19.4 Å². The van der Waals surface area contributed by atoms with Crippen LogP contribution in [-0.2, 0) is 7.05 Å². The molecule has 1 rings (SSSR count). The van der Waals surface area contributed by atoms with Crippen LogP contribution in [0.1, 0.15) is 12.1 Å². The molecule has 0 unspecified atom stereocenters. The second kappa shape index (κ2) is 6.60. The van der Waals surface area contributed by atoms with Gasteiger partial charge in [-0.3, -0.25) is 10.1 Å². The van der Waals surface area contributed by atoms with Gasteiger partial charge in [0.05, 0.1) is 4.92 Å². The molecule has 0 saturated carbocycles. The van der Waals surface area contributed by atoms with Crippen LogP contribution in [-0.4, -0.2) is 44.5 Å². The molecule has 0 bridgehead atoms. The monoisotopic (exact) mass is 274 g/mol. The van der Waals surface area contributed by atoms with Crippen molar-refractivity contribution in [3.8, 4) is 0 Å². The van der Waals surface area contributed by atoms with Crippen LogP contribution in [0, 0.1) is 17.0 Å². The number of thioether (sulfide) groups is 1. The lowest BCUT2D eigenvalue weighted by Crippen LogP contribution is -2.25. The molecule has 18 heavy (non-hydrogen) atoms. The summed E-state index contributed by atoms with van der Waals surface area (Å²) >= 11 is 1.62. The predicted octanol–water partition coefficient (Wildman–Crippen LogP) is 1.16. The maximum Gasteiger partial charge on any atom is 0.333 e. The van der Waals surface area contributed by atoms with Gasteiger partial charge in [0.1, 0.15) is 5.69 Å². The Morgan fingerprint density at radius 2 is 2.33 bits per heavy atom. The van der Waals surface area contributed by atoms with Crippen molar-refractivity contribution in [1.82, 2.24) is 9.78 Å². The Kier molecular flexibility index (Phi) is 5.42. The molecular weight excluding hydrogens is 256 g/mol. The summed E-state index contributed by atoms with van der Waals surface area (Å²) < 4.78 is 1.47. The van der Waals surface area contributed by atoms with Gasteiger partial charge in [-0.1, -0.05) is 0 Å². The van der Waals surface area contributed by atoms with Crippen molar-refractivity contribution in [1.29, 1.82) is 0 Å². The highest BCUT2D eigenvalue weighted by Gasteiger charge is 2.25. The smallest absolute Gasteiger partial charge is 0.333 e. The van der Waals surface area contributed by atoms with Crippen LogP contribution < -0.4 is 5.32 Å². The fourth-order valence-corrected chi connectivity index (χ4v) is 2.43. The highest BCUT2D eigenvalue weighted by molar-refractivity contribution is 7.98. The van der Waals surface area contributed by atoms with Crippen molar-refractivity contribution < 1.29 is 10.0 Å². The third-order valence-corrected chi connectivity index (χ3v) is 3.30. The van der Waals surface area contributed by atoms with Gasteiger partial charge in [-0.2, -0.15) is 16.9 Å². The van der Waals surface area contributed by atoms with Crippen LogP contribution in [0.15, 0.2) is 0 Å². The average Bonchev–Trinajstić information content (AvgIpc) is 2.54. The molecule has 8 heteroatoms. The fourth-order valence-electron chi connectivity index (χ4n) is 1.77. The molecule has 0 aliphatic carbocycles. The van der Waals surface area contributed by atoms with E-state index in [-0.39, 0.29) is 18.3 Å². The molecule has 0 aliphatic heterocycles. The van der Waals surface area contributed by atoms with Crippen molar-refractivity contribution in [3.63, 3.8) is 0 Å². The van der Waals surface area contributed by atoms with Gasteiger partial charge in [-0.05, 0) is 19.6 Å². The molecule has 0 amide bonds. The maximum atomic E-state index is 11.0. The molecule has 0 spiro atoms. The fraction of sp³-hybridized carbons (Fsp3) is 0.700. The largest absolute Gasteiger partial charge is 0.396 e. The Morgan fingerprint density at radius 3 is 2.83 bits per heavy atom. The van der Waals surface area contributed by atoms with Crippen LogP contribution in [0.4, 0.5) is 11.5 Å². The first-order chi connectivity index (χ1) is 8.51. The number of hydrogen-bond donors (Lipinski definition) is 2. The van der Waals surface area contributed by atoms with Crippen molar-refractivity contribution in [2.24, 2.45) is 7.05 Å². The van der Waals surface area contributed by atoms with E-state index in [4.69, 9.17) is 5.11 Å². The quantitative estimate of drug-likeness (QED) is 0.572. The molecule has 7 nitrogen and oxygen atoms in total. The minimum atomic E-state index is -0.431. The van der Waals surface area contributed by atoms with Crippen molar-refractivity contribution >= 4 is 23.3 Å². The van der Waals surface area contributed by atoms with E-state index < -0.39 is 4.92 Å². The SMILES string of the molecule is CSC[C@H](CCO)Nc1c([N+](=O)[O-])c(C)nn1C. The number of nitrogens with one attached hydrogen (secondary N) is 1. The van der Waals surface area contributed by atoms with E-state index in [2.05, 4.69) is 10.4 Å². The van der Waals surface area contributed by atoms with E-state index in [9.17, 15) is 10.1 Å². The predicted molar refractivity (Wildman–Crippen MR) is 72.1 cm³/mol. The number of rotatable bonds is 7. The summed E-state index contributed by atoms with van der Waals surface area (Å²) in [7, 11) is 1.66. The molecule has 1 aromatic heterocycles. The van der Waals surface area contributed by atoms with Crippen LogP contribution in [0.5, 0.6) is 0 Å². The second-order valence-electron chi connectivity index (χ2n) is 3.97. The van der Waals surface area contributed by atoms with Gasteiger partial charge >= 0.3 is 5.69 Å². The molecule has 1 atom stereocenters. The zero-order chi connectivity index (χ0) is 13.7. The number of aryl methyl sites for hydroxylation is 2. The Hall–Kier alpha value is -1.28. The zero-order valence-corrected chi connectivity index (χ0v) is 11.5. The van der Waals surface area contributed by atoms with Crippen LogP contribution in [0.25, 0.3) is 0 Å². The third-order valence-electron chi connectivity index (χ3n) is 2.56. The van der Waals surface area contributed by atoms with E-state index in [0.29, 0.717) is 17.9 Å². The number of hydrogen-bond acceptors (Lipinski definition) is 6. The third kappa shape index (κ3) is 3.36. The maximum absolute atomic E-state index is 11.0. The molecule has 102 valence electrons. The summed E-state index contributed by atoms with van der Waals surface area (Å²) in [6, 6.07) is -0.0153. The van der Waals surface area contributed by atoms with Crippen LogP contribution in [0.2, 0.25) is 0 Å². The summed E-state index contributed by atoms with van der Waals surface area (Å²) in [4.78, 5) is 10.6. The molecule has 0 fully saturated rings. The standard InChI is InChI=1S/C10H18N4O3S/c1-7-9(14(16)17)10(13(2)12-7)11-8(4-5-15)6-18-3/h8,11,15H,4-6H2,1-3H3/t8-/m0/s1. The van der Waals surface area contributed by atoms with E-state index in [0.717, 1.165) is 5.75 Å². The first kappa shape index (κ1) is 14.8. The molecule has 1 heterocycles. The van der Waals surface area contributed by atoms with Crippen molar-refractivity contribution in [3.05, 3.63) is 15.8 Å². The lowest BCUT2D eigenvalue weighted by atomic mass is 10.2. The summed E-state index contributed by atoms with van der Waals surface area (Å²) in [5, 5.41) is 27.1. The molecule has 0 aromatic carbocycles. The summed E-state index contributed by atoms with van der Waals surface area (Å²) in [5.41, 5.74) is 0.387. The van der Waals surface area contributed by atoms with Gasteiger partial charge in [0, 0.05) is 25.4 Å². The number of nitro groups is 1. The summed E-state index contributed by atoms with van der Waals surface area (Å²) in [6.07, 6.45) is 2.50. The summed E-state index contributed by atoms with van der Waals surface area (Å²) in [5.74, 6) is 1.16. The van der Waals surface area contributed by atoms with Gasteiger partial charge in [-0.15, -0.1) is 0 Å². The Morgan fingerprint density at radius 1 is 1.67 bits per heavy atom. The highest BCUT2D eigenvalue weighted by Crippen LogP contribution is 2.28. The minimum Gasteiger partial charge on any atom is -0.396 e. The van der Waals surface area contributed by atoms with Crippen molar-refractivity contribution in [2.75, 3.05) is 23.9 Å². The van der Waals surface area contributed by atoms with Crippen LogP contribution >= 0.6 is 11.8 Å². The topological polar surface area (TPSA) is 93.2 Å². The number of anilines is 1. The number of aliphatic hydroxyl groups is 1. The Bertz CT molecular complexity index is 416. The van der Waals surface area contributed by atoms with E-state index in [1.54, 1.807) is 25.7 Å². The van der Waals surface area contributed by atoms with Gasteiger partial charge in [0.15, 0.2) is 0 Å². The summed E-state index contributed by atoms with van der Waals surface area (Å²) in [6.45, 7) is 1.65. The molecule has 2 N–H and O–H groups in total. The average molecular weight is 274 g/mol. The minimum absolute atomic E-state index is 0.00143. The van der Waals surface area contributed by atoms with Gasteiger partial charge in [0.25, 0.3) is 0 Å². The number of aromatic nitrogens is 2. The van der Waals surface area contributed by atoms with E-state index in [1.807, 2.05) is 6.26 Å². The van der Waals surface area contributed by atoms with Gasteiger partial charge < -0.3 is 10.4 Å². The number of nitrogens with zero attached hydrogens (tertiary/aromatic N) is 3. The lowest BCUT2D eigenvalue weighted by molar-refractivity contribution is -0.384. The highest BCUT2D eigenvalue weighted by atomic mass is 32.2. The van der Waals surface area contributed by atoms with Gasteiger partial charge in [0.2, 0.25) is 5.82 Å². The molecule has 1 aromatic rings. The van der Waals surface area contributed by atoms with Gasteiger partial charge in [-0.25, -0.2) is 4.68 Å². The number of aliphatic hydroxyl groups excluding tert-OH is 1. The van der Waals surface area contributed by atoms with Crippen LogP contribution in [0.3, 0.4) is 0 Å². The first-order valence-electron chi connectivity index (χ1n) is 5.55. The Balaban J connectivity index is 2.97. The zero-order valence-electron chi connectivity index (χ0n) is 10.7. The molecule has 0 aliphatic rings. The normalized spacial score (nSPS) is 12.4. The molecule has 0 saturated heterocycles. The molecule has 0 radical (unpaired) electrons. The Labute approximate surface area is 110 Å². The lowest BCUT2D eigenvalue weighted by Gasteiger charge is -2.17. The van der Waals surface area contributed by atoms with E-state index >= 15 is 0 Å². The first-order valence-corrected chi connectivity index (χ1v) is 6.95. The molecular formula is C10H18N4O3S. The second-order valence-corrected chi connectivity index (χ2v) is 4.88.